The van der Waals surface area contributed by atoms with Crippen molar-refractivity contribution in [2.24, 2.45) is 28.6 Å². The third-order valence-corrected chi connectivity index (χ3v) is 12.9. The largest absolute Gasteiger partial charge is 0.449 e. The van der Waals surface area contributed by atoms with Gasteiger partial charge in [-0.15, -0.1) is 0 Å². The first-order chi connectivity index (χ1) is 22.0. The normalized spacial score (nSPS) is 32.8. The Kier molecular flexibility index (Phi) is 9.23. The Labute approximate surface area is 278 Å². The molecule has 4 aliphatic carbocycles. The van der Waals surface area contributed by atoms with E-state index >= 15 is 0 Å². The highest BCUT2D eigenvalue weighted by molar-refractivity contribution is 8.13. The number of carbonyl (C=O) groups is 3. The molecule has 248 valence electrons. The monoisotopic (exact) mass is 669 g/mol. The number of fused-ring (bicyclic) bond motifs is 6. The lowest BCUT2D eigenvalue weighted by atomic mass is 9.45. The lowest BCUT2D eigenvalue weighted by Crippen LogP contribution is -2.62. The lowest BCUT2D eigenvalue weighted by molar-refractivity contribution is -0.196. The fraction of sp³-hybridized carbons (Fsp3) is 0.600. The molecule has 0 bridgehead atoms. The second-order valence-electron chi connectivity index (χ2n) is 13.8. The van der Waals surface area contributed by atoms with E-state index in [4.69, 9.17) is 9.84 Å². The van der Waals surface area contributed by atoms with Crippen molar-refractivity contribution in [1.29, 1.82) is 0 Å². The Morgan fingerprint density at radius 3 is 2.78 bits per heavy atom. The molecular formula is C35H44FN3O5S2. The van der Waals surface area contributed by atoms with Gasteiger partial charge in [0.15, 0.2) is 5.60 Å². The fourth-order valence-corrected chi connectivity index (χ4v) is 10.5. The first-order valence-electron chi connectivity index (χ1n) is 16.3. The molecule has 1 heterocycles. The maximum atomic E-state index is 13.5. The van der Waals surface area contributed by atoms with Gasteiger partial charge in [-0.2, -0.15) is 16.9 Å². The van der Waals surface area contributed by atoms with Crippen LogP contribution in [-0.4, -0.2) is 68.1 Å². The summed E-state index contributed by atoms with van der Waals surface area (Å²) in [5.41, 5.74) is 2.25. The molecule has 2 unspecified atom stereocenters. The van der Waals surface area contributed by atoms with Crippen LogP contribution in [0.1, 0.15) is 80.9 Å². The topological polar surface area (TPSA) is 111 Å². The van der Waals surface area contributed by atoms with Gasteiger partial charge in [0.05, 0.1) is 23.7 Å². The number of amides is 1. The van der Waals surface area contributed by atoms with Gasteiger partial charge in [-0.25, -0.2) is 9.07 Å². The average Bonchev–Trinajstić information content (AvgIpc) is 3.57. The number of aromatic nitrogens is 2. The van der Waals surface area contributed by atoms with Gasteiger partial charge < -0.3 is 15.2 Å². The van der Waals surface area contributed by atoms with Crippen LogP contribution in [0.15, 0.2) is 36.0 Å². The van der Waals surface area contributed by atoms with Crippen LogP contribution < -0.4 is 5.32 Å². The molecule has 6 rings (SSSR count). The van der Waals surface area contributed by atoms with Gasteiger partial charge >= 0.3 is 5.97 Å². The highest BCUT2D eigenvalue weighted by Gasteiger charge is 2.70. The molecule has 11 heteroatoms. The number of benzene rings is 1. The number of rotatable bonds is 9. The fourth-order valence-electron chi connectivity index (χ4n) is 9.50. The Morgan fingerprint density at radius 1 is 1.24 bits per heavy atom. The molecule has 1 aromatic carbocycles. The molecule has 4 aliphatic rings. The highest BCUT2D eigenvalue weighted by Crippen LogP contribution is 2.69. The summed E-state index contributed by atoms with van der Waals surface area (Å²) in [6.07, 6.45) is 9.32. The van der Waals surface area contributed by atoms with E-state index in [1.54, 1.807) is 18.7 Å². The summed E-state index contributed by atoms with van der Waals surface area (Å²) in [4.78, 5) is 38.9. The summed E-state index contributed by atoms with van der Waals surface area (Å²) in [5, 5.41) is 19.3. The van der Waals surface area contributed by atoms with Crippen molar-refractivity contribution in [3.8, 4) is 5.69 Å². The van der Waals surface area contributed by atoms with E-state index in [9.17, 15) is 23.9 Å². The first kappa shape index (κ1) is 33.3. The summed E-state index contributed by atoms with van der Waals surface area (Å²) in [6.45, 7) is 6.54. The molecule has 1 aromatic heterocycles. The summed E-state index contributed by atoms with van der Waals surface area (Å²) >= 11 is 2.26. The molecule has 8 nitrogen and oxygen atoms in total. The van der Waals surface area contributed by atoms with Gasteiger partial charge in [0.25, 0.3) is 5.91 Å². The maximum Gasteiger partial charge on any atom is 0.306 e. The van der Waals surface area contributed by atoms with Crippen LogP contribution in [-0.2, 0) is 20.7 Å². The van der Waals surface area contributed by atoms with Crippen molar-refractivity contribution in [2.75, 3.05) is 24.6 Å². The molecule has 0 spiro atoms. The van der Waals surface area contributed by atoms with Crippen LogP contribution in [0.25, 0.3) is 11.8 Å². The minimum atomic E-state index is -1.44. The van der Waals surface area contributed by atoms with E-state index in [-0.39, 0.29) is 35.5 Å². The number of thioether (sulfide) groups is 2. The molecule has 2 aromatic rings. The molecule has 0 radical (unpaired) electrons. The Hall–Kier alpha value is -2.63. The van der Waals surface area contributed by atoms with Crippen molar-refractivity contribution in [3.63, 3.8) is 0 Å². The minimum absolute atomic E-state index is 0.0445. The number of carbonyl (C=O) groups excluding carboxylic acids is 3. The van der Waals surface area contributed by atoms with Crippen molar-refractivity contribution in [1.82, 2.24) is 15.1 Å². The number of nitrogens with one attached hydrogen (secondary N) is 1. The van der Waals surface area contributed by atoms with E-state index in [1.807, 2.05) is 48.3 Å². The molecule has 7 atom stereocenters. The van der Waals surface area contributed by atoms with Crippen LogP contribution in [0, 0.1) is 28.6 Å². The Morgan fingerprint density at radius 2 is 2.04 bits per heavy atom. The van der Waals surface area contributed by atoms with Crippen LogP contribution in [0.5, 0.6) is 0 Å². The molecule has 3 saturated carbocycles. The van der Waals surface area contributed by atoms with Gasteiger partial charge in [-0.1, -0.05) is 32.4 Å². The third-order valence-electron chi connectivity index (χ3n) is 11.6. The summed E-state index contributed by atoms with van der Waals surface area (Å²) in [7, 11) is 0. The SMILES string of the molecule is CCC(=O)O[C@]1(C(=O)SCF)CCC2[C@@H]3CCC4=Cc5c(cnn5-c5cccc(C(=O)NCCSC)c5)C[C@]4(C)C3[C@@H](O)C[C@@]21C. The number of hydrogen-bond donors (Lipinski definition) is 2. The van der Waals surface area contributed by atoms with E-state index in [1.165, 1.54) is 5.57 Å². The maximum absolute atomic E-state index is 13.5. The predicted molar refractivity (Wildman–Crippen MR) is 179 cm³/mol. The van der Waals surface area contributed by atoms with Gasteiger partial charge in [-0.3, -0.25) is 14.4 Å². The molecule has 3 fully saturated rings. The summed E-state index contributed by atoms with van der Waals surface area (Å²) in [6, 6.07) is 6.65. The first-order valence-corrected chi connectivity index (χ1v) is 18.7. The number of aliphatic hydroxyl groups is 1. The number of hydrogen-bond acceptors (Lipinski definition) is 8. The molecule has 0 saturated heterocycles. The van der Waals surface area contributed by atoms with Gasteiger partial charge in [0.1, 0.15) is 6.01 Å². The molecule has 2 N–H and O–H groups in total. The summed E-state index contributed by atoms with van der Waals surface area (Å²) in [5.74, 6) is 0.415. The van der Waals surface area contributed by atoms with Crippen LogP contribution in [0.2, 0.25) is 0 Å². The quantitative estimate of drug-likeness (QED) is 0.247. The second kappa shape index (κ2) is 12.8. The summed E-state index contributed by atoms with van der Waals surface area (Å²) < 4.78 is 21.4. The number of alkyl halides is 1. The van der Waals surface area contributed by atoms with E-state index in [2.05, 4.69) is 18.3 Å². The number of aliphatic hydroxyl groups excluding tert-OH is 1. The van der Waals surface area contributed by atoms with E-state index < -0.39 is 34.2 Å². The van der Waals surface area contributed by atoms with E-state index in [0.717, 1.165) is 42.0 Å². The van der Waals surface area contributed by atoms with Crippen molar-refractivity contribution < 1.29 is 28.6 Å². The Bertz CT molecular complexity index is 1560. The smallest absolute Gasteiger partial charge is 0.306 e. The van der Waals surface area contributed by atoms with Gasteiger partial charge in [0.2, 0.25) is 5.12 Å². The number of halogens is 1. The van der Waals surface area contributed by atoms with Crippen molar-refractivity contribution in [3.05, 3.63) is 52.9 Å². The Balaban J connectivity index is 1.30. The number of esters is 1. The average molecular weight is 670 g/mol. The van der Waals surface area contributed by atoms with Crippen LogP contribution in [0.4, 0.5) is 4.39 Å². The zero-order valence-electron chi connectivity index (χ0n) is 27.0. The lowest BCUT2D eigenvalue weighted by Gasteiger charge is -2.60. The van der Waals surface area contributed by atoms with Crippen LogP contribution in [0.3, 0.4) is 0 Å². The van der Waals surface area contributed by atoms with Crippen molar-refractivity contribution in [2.45, 2.75) is 77.4 Å². The third kappa shape index (κ3) is 5.25. The minimum Gasteiger partial charge on any atom is -0.449 e. The molecule has 0 aliphatic heterocycles. The number of ether oxygens (including phenoxy) is 1. The number of allylic oxidation sites excluding steroid dienone is 1. The second-order valence-corrected chi connectivity index (χ2v) is 15.7. The predicted octanol–water partition coefficient (Wildman–Crippen LogP) is 6.00. The van der Waals surface area contributed by atoms with Crippen LogP contribution >= 0.6 is 23.5 Å². The van der Waals surface area contributed by atoms with Gasteiger partial charge in [0, 0.05) is 29.7 Å². The molecule has 46 heavy (non-hydrogen) atoms. The van der Waals surface area contributed by atoms with E-state index in [0.29, 0.717) is 43.1 Å². The van der Waals surface area contributed by atoms with Crippen molar-refractivity contribution >= 4 is 46.6 Å². The number of nitrogens with zero attached hydrogens (tertiary/aromatic N) is 2. The molecule has 1 amide bonds. The molecular weight excluding hydrogens is 626 g/mol. The van der Waals surface area contributed by atoms with Gasteiger partial charge in [-0.05, 0) is 110 Å². The standard InChI is InChI=1S/C35H44FN3O5S2/c1-5-29(41)44-35(32(43)46-20-36)12-11-26-25-10-9-23-16-27-22(17-33(23,2)30(25)28(40)18-34(26,35)3)19-38-39(27)24-8-6-7-21(15-24)31(42)37-13-14-45-4/h6-8,15-16,19,25-26,28,30,40H,5,9-14,17-18,20H2,1-4H3,(H,37,42)/t25-,26?,28-,30?,33-,34-,35-/m0/s1. The zero-order valence-corrected chi connectivity index (χ0v) is 28.6. The highest BCUT2D eigenvalue weighted by atomic mass is 32.2. The zero-order chi connectivity index (χ0) is 32.9.